The summed E-state index contributed by atoms with van der Waals surface area (Å²) in [6.45, 7) is 6.29. The van der Waals surface area contributed by atoms with E-state index in [0.717, 1.165) is 6.42 Å². The second-order valence-corrected chi connectivity index (χ2v) is 5.91. The standard InChI is InChI=1S/C13H22O4/c1-4-16-10(14)12(6-5-7-12)13(15)8-11(2,3)17-9-13/h15H,4-9H2,1-3H3. The molecule has 98 valence electrons. The first-order valence-corrected chi connectivity index (χ1v) is 6.39. The summed E-state index contributed by atoms with van der Waals surface area (Å²) in [6, 6.07) is 0. The third-order valence-corrected chi connectivity index (χ3v) is 4.18. The lowest BCUT2D eigenvalue weighted by Gasteiger charge is -2.48. The summed E-state index contributed by atoms with van der Waals surface area (Å²) in [4.78, 5) is 12.1. The van der Waals surface area contributed by atoms with Gasteiger partial charge in [-0.3, -0.25) is 4.79 Å². The van der Waals surface area contributed by atoms with Crippen molar-refractivity contribution in [3.63, 3.8) is 0 Å². The molecule has 0 aromatic carbocycles. The zero-order valence-corrected chi connectivity index (χ0v) is 10.9. The average molecular weight is 242 g/mol. The van der Waals surface area contributed by atoms with Crippen molar-refractivity contribution in [3.05, 3.63) is 0 Å². The molecule has 0 aromatic rings. The highest BCUT2D eigenvalue weighted by Crippen LogP contribution is 2.55. The summed E-state index contributed by atoms with van der Waals surface area (Å²) in [5, 5.41) is 10.8. The maximum absolute atomic E-state index is 12.1. The molecule has 1 N–H and O–H groups in total. The molecule has 2 aliphatic rings. The molecule has 17 heavy (non-hydrogen) atoms. The van der Waals surface area contributed by atoms with Gasteiger partial charge in [0.15, 0.2) is 0 Å². The number of ether oxygens (including phenoxy) is 2. The van der Waals surface area contributed by atoms with Crippen LogP contribution in [0, 0.1) is 5.41 Å². The van der Waals surface area contributed by atoms with E-state index < -0.39 is 11.0 Å². The summed E-state index contributed by atoms with van der Waals surface area (Å²) in [5.41, 5.74) is -2.14. The topological polar surface area (TPSA) is 55.8 Å². The molecule has 1 unspecified atom stereocenters. The first-order valence-electron chi connectivity index (χ1n) is 6.39. The Morgan fingerprint density at radius 3 is 2.41 bits per heavy atom. The molecule has 4 heteroatoms. The first kappa shape index (κ1) is 12.8. The van der Waals surface area contributed by atoms with Crippen LogP contribution in [0.1, 0.15) is 46.5 Å². The van der Waals surface area contributed by atoms with Crippen LogP contribution in [0.3, 0.4) is 0 Å². The normalized spacial score (nSPS) is 34.1. The minimum Gasteiger partial charge on any atom is -0.465 e. The fourth-order valence-electron chi connectivity index (χ4n) is 3.09. The van der Waals surface area contributed by atoms with Crippen molar-refractivity contribution in [1.29, 1.82) is 0 Å². The minimum atomic E-state index is -1.05. The molecule has 2 fully saturated rings. The molecule has 1 saturated carbocycles. The van der Waals surface area contributed by atoms with Gasteiger partial charge in [0.25, 0.3) is 0 Å². The smallest absolute Gasteiger partial charge is 0.315 e. The quantitative estimate of drug-likeness (QED) is 0.765. The third-order valence-electron chi connectivity index (χ3n) is 4.18. The zero-order chi connectivity index (χ0) is 12.7. The van der Waals surface area contributed by atoms with Gasteiger partial charge in [-0.1, -0.05) is 6.42 Å². The van der Waals surface area contributed by atoms with Crippen LogP contribution in [0.2, 0.25) is 0 Å². The van der Waals surface area contributed by atoms with E-state index in [1.807, 2.05) is 13.8 Å². The molecule has 1 aliphatic heterocycles. The fourth-order valence-corrected chi connectivity index (χ4v) is 3.09. The zero-order valence-electron chi connectivity index (χ0n) is 10.9. The van der Waals surface area contributed by atoms with Gasteiger partial charge < -0.3 is 14.6 Å². The van der Waals surface area contributed by atoms with E-state index in [9.17, 15) is 9.90 Å². The Morgan fingerprint density at radius 2 is 2.06 bits per heavy atom. The third kappa shape index (κ3) is 1.87. The van der Waals surface area contributed by atoms with Gasteiger partial charge in [-0.25, -0.2) is 0 Å². The van der Waals surface area contributed by atoms with Crippen LogP contribution >= 0.6 is 0 Å². The van der Waals surface area contributed by atoms with Gasteiger partial charge in [0.1, 0.15) is 5.60 Å². The van der Waals surface area contributed by atoms with E-state index in [2.05, 4.69) is 0 Å². The molecule has 0 amide bonds. The number of hydrogen-bond donors (Lipinski definition) is 1. The van der Waals surface area contributed by atoms with Gasteiger partial charge in [0.2, 0.25) is 0 Å². The second-order valence-electron chi connectivity index (χ2n) is 5.91. The maximum Gasteiger partial charge on any atom is 0.315 e. The highest BCUT2D eigenvalue weighted by atomic mass is 16.5. The summed E-state index contributed by atoms with van der Waals surface area (Å²) in [6.07, 6.45) is 2.89. The molecule has 0 aromatic heterocycles. The molecule has 1 heterocycles. The van der Waals surface area contributed by atoms with Crippen LogP contribution in [0.5, 0.6) is 0 Å². The van der Waals surface area contributed by atoms with Gasteiger partial charge in [0, 0.05) is 6.42 Å². The Kier molecular flexibility index (Phi) is 2.99. The number of carbonyl (C=O) groups is 1. The van der Waals surface area contributed by atoms with E-state index in [1.165, 1.54) is 0 Å². The monoisotopic (exact) mass is 242 g/mol. The van der Waals surface area contributed by atoms with Gasteiger partial charge >= 0.3 is 5.97 Å². The predicted octanol–water partition coefficient (Wildman–Crippen LogP) is 1.65. The summed E-state index contributed by atoms with van der Waals surface area (Å²) < 4.78 is 10.7. The molecule has 1 saturated heterocycles. The van der Waals surface area contributed by atoms with E-state index in [-0.39, 0.29) is 18.2 Å². The Balaban J connectivity index is 2.21. The maximum atomic E-state index is 12.1. The first-order chi connectivity index (χ1) is 7.85. The lowest BCUT2D eigenvalue weighted by atomic mass is 9.57. The second kappa shape index (κ2) is 3.95. The van der Waals surface area contributed by atoms with Gasteiger partial charge in [-0.05, 0) is 33.6 Å². The van der Waals surface area contributed by atoms with Crippen LogP contribution < -0.4 is 0 Å². The van der Waals surface area contributed by atoms with Crippen LogP contribution in [0.15, 0.2) is 0 Å². The molecular weight excluding hydrogens is 220 g/mol. The average Bonchev–Trinajstić information content (AvgIpc) is 2.39. The molecule has 0 spiro atoms. The Labute approximate surface area is 102 Å². The summed E-state index contributed by atoms with van der Waals surface area (Å²) in [5.74, 6) is -0.255. The SMILES string of the molecule is CCOC(=O)C1(C2(O)COC(C)(C)C2)CCC1. The van der Waals surface area contributed by atoms with Crippen LogP contribution in [0.25, 0.3) is 0 Å². The number of hydrogen-bond acceptors (Lipinski definition) is 4. The Morgan fingerprint density at radius 1 is 1.41 bits per heavy atom. The largest absolute Gasteiger partial charge is 0.465 e. The molecule has 2 rings (SSSR count). The van der Waals surface area contributed by atoms with Crippen molar-refractivity contribution in [2.24, 2.45) is 5.41 Å². The molecular formula is C13H22O4. The fraction of sp³-hybridized carbons (Fsp3) is 0.923. The van der Waals surface area contributed by atoms with Crippen molar-refractivity contribution < 1.29 is 19.4 Å². The van der Waals surface area contributed by atoms with E-state index in [1.54, 1.807) is 6.92 Å². The van der Waals surface area contributed by atoms with Crippen LogP contribution in [0.4, 0.5) is 0 Å². The van der Waals surface area contributed by atoms with Crippen LogP contribution in [-0.4, -0.2) is 35.5 Å². The molecule has 0 bridgehead atoms. The minimum absolute atomic E-state index is 0.235. The Hall–Kier alpha value is -0.610. The summed E-state index contributed by atoms with van der Waals surface area (Å²) in [7, 11) is 0. The lowest BCUT2D eigenvalue weighted by Crippen LogP contribution is -2.58. The van der Waals surface area contributed by atoms with Gasteiger partial charge in [0.05, 0.1) is 24.2 Å². The highest BCUT2D eigenvalue weighted by molar-refractivity contribution is 5.79. The summed E-state index contributed by atoms with van der Waals surface area (Å²) >= 11 is 0. The van der Waals surface area contributed by atoms with E-state index in [4.69, 9.17) is 9.47 Å². The van der Waals surface area contributed by atoms with Crippen molar-refractivity contribution in [2.45, 2.75) is 57.7 Å². The van der Waals surface area contributed by atoms with Crippen molar-refractivity contribution in [2.75, 3.05) is 13.2 Å². The van der Waals surface area contributed by atoms with Crippen molar-refractivity contribution in [3.8, 4) is 0 Å². The predicted molar refractivity (Wildman–Crippen MR) is 62.5 cm³/mol. The molecule has 1 atom stereocenters. The molecule has 0 radical (unpaired) electrons. The number of esters is 1. The van der Waals surface area contributed by atoms with Crippen molar-refractivity contribution >= 4 is 5.97 Å². The van der Waals surface area contributed by atoms with Crippen molar-refractivity contribution in [1.82, 2.24) is 0 Å². The number of rotatable bonds is 3. The van der Waals surface area contributed by atoms with Gasteiger partial charge in [-0.2, -0.15) is 0 Å². The van der Waals surface area contributed by atoms with Gasteiger partial charge in [-0.15, -0.1) is 0 Å². The highest BCUT2D eigenvalue weighted by Gasteiger charge is 2.64. The molecule has 4 nitrogen and oxygen atoms in total. The number of carbonyl (C=O) groups excluding carboxylic acids is 1. The molecule has 1 aliphatic carbocycles. The van der Waals surface area contributed by atoms with E-state index in [0.29, 0.717) is 25.9 Å². The number of aliphatic hydroxyl groups is 1. The lowest BCUT2D eigenvalue weighted by molar-refractivity contribution is -0.189. The van der Waals surface area contributed by atoms with Crippen LogP contribution in [-0.2, 0) is 14.3 Å². The Bertz CT molecular complexity index is 319. The van der Waals surface area contributed by atoms with E-state index >= 15 is 0 Å².